The Morgan fingerprint density at radius 1 is 0.971 bits per heavy atom. The molecular weight excluding hydrogens is 450 g/mol. The lowest BCUT2D eigenvalue weighted by molar-refractivity contribution is -0.134. The zero-order valence-electron chi connectivity index (χ0n) is 19.8. The van der Waals surface area contributed by atoms with Gasteiger partial charge in [-0.15, -0.1) is 0 Å². The third-order valence-corrected chi connectivity index (χ3v) is 6.23. The first-order valence-corrected chi connectivity index (χ1v) is 11.6. The van der Waals surface area contributed by atoms with Crippen LogP contribution < -0.4 is 14.4 Å². The van der Waals surface area contributed by atoms with Crippen LogP contribution in [0.1, 0.15) is 21.7 Å². The number of fused-ring (bicyclic) bond motifs is 1. The molecule has 0 bridgehead atoms. The van der Waals surface area contributed by atoms with Crippen molar-refractivity contribution in [2.75, 3.05) is 50.9 Å². The van der Waals surface area contributed by atoms with Gasteiger partial charge in [0.15, 0.2) is 18.1 Å². The highest BCUT2D eigenvalue weighted by Gasteiger charge is 2.25. The van der Waals surface area contributed by atoms with Crippen molar-refractivity contribution in [1.29, 1.82) is 0 Å². The number of ether oxygens (including phenoxy) is 3. The van der Waals surface area contributed by atoms with Gasteiger partial charge in [-0.3, -0.25) is 4.79 Å². The number of hydrogen-bond acceptors (Lipinski definition) is 8. The minimum atomic E-state index is -0.522. The zero-order valence-corrected chi connectivity index (χ0v) is 19.8. The Labute approximate surface area is 203 Å². The van der Waals surface area contributed by atoms with Gasteiger partial charge in [0.1, 0.15) is 13.2 Å². The number of piperazine rings is 1. The summed E-state index contributed by atoms with van der Waals surface area (Å²) in [6.45, 7) is 6.80. The molecule has 0 N–H and O–H groups in total. The molecule has 1 amide bonds. The van der Waals surface area contributed by atoms with Crippen molar-refractivity contribution in [3.8, 4) is 17.2 Å². The number of anilines is 1. The van der Waals surface area contributed by atoms with Crippen LogP contribution in [0.15, 0.2) is 42.7 Å². The van der Waals surface area contributed by atoms with Crippen LogP contribution >= 0.6 is 0 Å². The van der Waals surface area contributed by atoms with Crippen molar-refractivity contribution in [3.05, 3.63) is 59.7 Å². The Bertz CT molecular complexity index is 1230. The molecule has 1 fully saturated rings. The highest BCUT2D eigenvalue weighted by atomic mass is 16.6. The lowest BCUT2D eigenvalue weighted by Gasteiger charge is -2.34. The highest BCUT2D eigenvalue weighted by Crippen LogP contribution is 2.33. The summed E-state index contributed by atoms with van der Waals surface area (Å²) in [6.07, 6.45) is 3.40. The summed E-state index contributed by atoms with van der Waals surface area (Å²) >= 11 is 0. The molecule has 182 valence electrons. The zero-order chi connectivity index (χ0) is 24.4. The van der Waals surface area contributed by atoms with E-state index in [-0.39, 0.29) is 12.5 Å². The second-order valence-corrected chi connectivity index (χ2v) is 8.44. The predicted octanol–water partition coefficient (Wildman–Crippen LogP) is 2.16. The van der Waals surface area contributed by atoms with Gasteiger partial charge in [0, 0.05) is 61.7 Å². The number of carbonyl (C=O) groups excluding carboxylic acids is 2. The van der Waals surface area contributed by atoms with Crippen molar-refractivity contribution in [1.82, 2.24) is 19.4 Å². The number of rotatable bonds is 5. The molecule has 3 aromatic rings. The number of carbonyl (C=O) groups is 2. The lowest BCUT2D eigenvalue weighted by Crippen LogP contribution is -2.50. The van der Waals surface area contributed by atoms with Gasteiger partial charge in [-0.2, -0.15) is 0 Å². The van der Waals surface area contributed by atoms with Crippen molar-refractivity contribution in [2.24, 2.45) is 0 Å². The molecule has 0 spiro atoms. The first-order chi connectivity index (χ1) is 17.0. The molecule has 0 unspecified atom stereocenters. The maximum atomic E-state index is 12.8. The van der Waals surface area contributed by atoms with Crippen LogP contribution in [0.2, 0.25) is 0 Å². The van der Waals surface area contributed by atoms with Gasteiger partial charge in [-0.1, -0.05) is 0 Å². The Morgan fingerprint density at radius 2 is 1.69 bits per heavy atom. The number of amides is 1. The predicted molar refractivity (Wildman–Crippen MR) is 127 cm³/mol. The number of aryl methyl sites for hydroxylation is 1. The Morgan fingerprint density at radius 3 is 2.43 bits per heavy atom. The second kappa shape index (κ2) is 9.65. The summed E-state index contributed by atoms with van der Waals surface area (Å²) in [5.74, 6) is 1.30. The molecule has 0 saturated carbocycles. The summed E-state index contributed by atoms with van der Waals surface area (Å²) in [4.78, 5) is 37.7. The van der Waals surface area contributed by atoms with E-state index in [0.717, 1.165) is 17.1 Å². The molecule has 1 aromatic carbocycles. The van der Waals surface area contributed by atoms with Gasteiger partial charge in [0.2, 0.25) is 5.95 Å². The minimum Gasteiger partial charge on any atom is -0.486 e. The molecule has 2 aromatic heterocycles. The number of aromatic nitrogens is 3. The monoisotopic (exact) mass is 477 g/mol. The summed E-state index contributed by atoms with van der Waals surface area (Å²) < 4.78 is 18.7. The van der Waals surface area contributed by atoms with Crippen molar-refractivity contribution in [2.45, 2.75) is 13.8 Å². The summed E-state index contributed by atoms with van der Waals surface area (Å²) in [5, 5.41) is 0. The van der Waals surface area contributed by atoms with Crippen LogP contribution in [0.3, 0.4) is 0 Å². The average Bonchev–Trinajstić information content (AvgIpc) is 3.21. The fraction of sp³-hybridized carbons (Fsp3) is 0.360. The number of nitrogens with zero attached hydrogens (tertiary/aromatic N) is 5. The van der Waals surface area contributed by atoms with Gasteiger partial charge in [-0.05, 0) is 38.1 Å². The molecule has 5 rings (SSSR count). The summed E-state index contributed by atoms with van der Waals surface area (Å²) in [5.41, 5.74) is 2.89. The molecule has 2 aliphatic rings. The first-order valence-electron chi connectivity index (χ1n) is 11.6. The van der Waals surface area contributed by atoms with Gasteiger partial charge in [0.25, 0.3) is 5.91 Å². The minimum absolute atomic E-state index is 0.215. The fourth-order valence-corrected chi connectivity index (χ4v) is 4.44. The molecule has 0 radical (unpaired) electrons. The molecular formula is C25H27N5O5. The van der Waals surface area contributed by atoms with Crippen LogP contribution in [0.25, 0.3) is 5.69 Å². The van der Waals surface area contributed by atoms with Crippen LogP contribution in [0.5, 0.6) is 11.5 Å². The smallest absolute Gasteiger partial charge is 0.340 e. The third-order valence-electron chi connectivity index (χ3n) is 6.23. The second-order valence-electron chi connectivity index (χ2n) is 8.44. The van der Waals surface area contributed by atoms with Crippen molar-refractivity contribution in [3.63, 3.8) is 0 Å². The van der Waals surface area contributed by atoms with E-state index in [1.165, 1.54) is 0 Å². The molecule has 10 heteroatoms. The van der Waals surface area contributed by atoms with Gasteiger partial charge in [0.05, 0.1) is 5.56 Å². The van der Waals surface area contributed by atoms with Crippen LogP contribution in [0.4, 0.5) is 5.95 Å². The molecule has 0 aliphatic carbocycles. The van der Waals surface area contributed by atoms with Crippen molar-refractivity contribution < 1.29 is 23.8 Å². The molecule has 2 aliphatic heterocycles. The van der Waals surface area contributed by atoms with Gasteiger partial charge in [-0.25, -0.2) is 14.8 Å². The molecule has 0 atom stereocenters. The maximum Gasteiger partial charge on any atom is 0.340 e. The molecule has 4 heterocycles. The summed E-state index contributed by atoms with van der Waals surface area (Å²) in [6, 6.07) is 9.23. The van der Waals surface area contributed by atoms with Crippen LogP contribution in [-0.2, 0) is 9.53 Å². The van der Waals surface area contributed by atoms with E-state index in [4.69, 9.17) is 14.2 Å². The lowest BCUT2D eigenvalue weighted by atomic mass is 10.2. The summed E-state index contributed by atoms with van der Waals surface area (Å²) in [7, 11) is 0. The van der Waals surface area contributed by atoms with E-state index in [1.54, 1.807) is 29.4 Å². The molecule has 1 saturated heterocycles. The first kappa shape index (κ1) is 22.7. The average molecular weight is 478 g/mol. The van der Waals surface area contributed by atoms with Crippen LogP contribution in [0, 0.1) is 13.8 Å². The van der Waals surface area contributed by atoms with E-state index < -0.39 is 5.97 Å². The van der Waals surface area contributed by atoms with E-state index in [0.29, 0.717) is 62.4 Å². The number of benzene rings is 1. The number of hydrogen-bond donors (Lipinski definition) is 0. The van der Waals surface area contributed by atoms with E-state index in [2.05, 4.69) is 9.97 Å². The van der Waals surface area contributed by atoms with Gasteiger partial charge >= 0.3 is 5.97 Å². The number of esters is 1. The molecule has 35 heavy (non-hydrogen) atoms. The quantitative estimate of drug-likeness (QED) is 0.516. The highest BCUT2D eigenvalue weighted by molar-refractivity contribution is 5.93. The van der Waals surface area contributed by atoms with Crippen molar-refractivity contribution >= 4 is 17.8 Å². The molecule has 10 nitrogen and oxygen atoms in total. The third kappa shape index (κ3) is 4.64. The maximum absolute atomic E-state index is 12.8. The van der Waals surface area contributed by atoms with Crippen LogP contribution in [-0.4, -0.2) is 77.3 Å². The van der Waals surface area contributed by atoms with E-state index >= 15 is 0 Å². The Hall–Kier alpha value is -4.08. The van der Waals surface area contributed by atoms with E-state index in [9.17, 15) is 9.59 Å². The standard InChI is InChI=1S/C25H27N5O5/c1-17-14-20(18(2)30(17)19-4-5-21-22(15-19)34-13-12-33-21)24(32)35-16-23(31)28-8-10-29(11-9-28)25-26-6-3-7-27-25/h3-7,14-15H,8-13,16H2,1-2H3. The van der Waals surface area contributed by atoms with E-state index in [1.807, 2.05) is 41.5 Å². The largest absolute Gasteiger partial charge is 0.486 e. The SMILES string of the molecule is Cc1cc(C(=O)OCC(=O)N2CCN(c3ncccn3)CC2)c(C)n1-c1ccc2c(c1)OCCO2. The fourth-order valence-electron chi connectivity index (χ4n) is 4.44. The Kier molecular flexibility index (Phi) is 6.26. The topological polar surface area (TPSA) is 99.0 Å². The normalized spacial score (nSPS) is 15.1. The van der Waals surface area contributed by atoms with Gasteiger partial charge < -0.3 is 28.6 Å². The Balaban J connectivity index is 1.20.